The smallest absolute Gasteiger partial charge is 0.159 e. The SMILES string of the molecule is CC(=O)c1ccc(SCc2ccc(F)cc2Br)cc1. The number of hydrogen-bond acceptors (Lipinski definition) is 2. The van der Waals surface area contributed by atoms with Gasteiger partial charge < -0.3 is 0 Å². The molecule has 0 amide bonds. The second-order valence-corrected chi connectivity index (χ2v) is 6.01. The minimum atomic E-state index is -0.244. The van der Waals surface area contributed by atoms with Crippen LogP contribution in [0.5, 0.6) is 0 Å². The first kappa shape index (κ1) is 14.3. The first-order chi connectivity index (χ1) is 9.06. The number of thioether (sulfide) groups is 1. The molecule has 0 fully saturated rings. The lowest BCUT2D eigenvalue weighted by Crippen LogP contribution is -1.90. The van der Waals surface area contributed by atoms with Crippen LogP contribution in [0.1, 0.15) is 22.8 Å². The van der Waals surface area contributed by atoms with Crippen LogP contribution < -0.4 is 0 Å². The van der Waals surface area contributed by atoms with E-state index in [1.165, 1.54) is 12.1 Å². The van der Waals surface area contributed by atoms with Crippen LogP contribution in [0.25, 0.3) is 0 Å². The van der Waals surface area contributed by atoms with Crippen molar-refractivity contribution in [2.75, 3.05) is 0 Å². The maximum Gasteiger partial charge on any atom is 0.159 e. The predicted octanol–water partition coefficient (Wildman–Crippen LogP) is 5.08. The summed E-state index contributed by atoms with van der Waals surface area (Å²) in [5, 5.41) is 0. The van der Waals surface area contributed by atoms with Gasteiger partial charge in [0, 0.05) is 20.7 Å². The second-order valence-electron chi connectivity index (χ2n) is 4.10. The number of carbonyl (C=O) groups excluding carboxylic acids is 1. The van der Waals surface area contributed by atoms with Gasteiger partial charge in [-0.1, -0.05) is 34.1 Å². The van der Waals surface area contributed by atoms with Crippen LogP contribution >= 0.6 is 27.7 Å². The molecule has 0 aliphatic carbocycles. The van der Waals surface area contributed by atoms with E-state index in [-0.39, 0.29) is 11.6 Å². The van der Waals surface area contributed by atoms with Gasteiger partial charge >= 0.3 is 0 Å². The molecule has 0 N–H and O–H groups in total. The standard InChI is InChI=1S/C15H12BrFOS/c1-10(18)11-3-6-14(7-4-11)19-9-12-2-5-13(17)8-15(12)16/h2-8H,9H2,1H3. The Bertz CT molecular complexity index is 596. The third-order valence-electron chi connectivity index (χ3n) is 2.67. The van der Waals surface area contributed by atoms with E-state index < -0.39 is 0 Å². The van der Waals surface area contributed by atoms with Crippen LogP contribution in [-0.4, -0.2) is 5.78 Å². The summed E-state index contributed by atoms with van der Waals surface area (Å²) < 4.78 is 13.7. The molecule has 0 heterocycles. The molecule has 0 saturated carbocycles. The van der Waals surface area contributed by atoms with Gasteiger partial charge in [-0.25, -0.2) is 4.39 Å². The lowest BCUT2D eigenvalue weighted by Gasteiger charge is -2.05. The molecule has 98 valence electrons. The van der Waals surface area contributed by atoms with Crippen molar-refractivity contribution in [3.05, 3.63) is 63.9 Å². The Hall–Kier alpha value is -1.13. The summed E-state index contributed by atoms with van der Waals surface area (Å²) in [6.45, 7) is 1.55. The zero-order valence-corrected chi connectivity index (χ0v) is 12.7. The third kappa shape index (κ3) is 3.91. The number of ketones is 1. The molecule has 0 unspecified atom stereocenters. The monoisotopic (exact) mass is 338 g/mol. The maximum absolute atomic E-state index is 13.0. The Morgan fingerprint density at radius 2 is 1.89 bits per heavy atom. The summed E-state index contributed by atoms with van der Waals surface area (Å²) >= 11 is 5.00. The van der Waals surface area contributed by atoms with Crippen molar-refractivity contribution >= 4 is 33.5 Å². The summed E-state index contributed by atoms with van der Waals surface area (Å²) in [6, 6.07) is 12.2. The summed E-state index contributed by atoms with van der Waals surface area (Å²) in [6.07, 6.45) is 0. The number of Topliss-reactive ketones (excluding diaryl/α,β-unsaturated/α-hetero) is 1. The zero-order chi connectivity index (χ0) is 13.8. The molecular weight excluding hydrogens is 327 g/mol. The van der Waals surface area contributed by atoms with Gasteiger partial charge in [0.1, 0.15) is 5.82 Å². The normalized spacial score (nSPS) is 10.5. The Morgan fingerprint density at radius 3 is 2.47 bits per heavy atom. The summed E-state index contributed by atoms with van der Waals surface area (Å²) in [5.74, 6) is 0.574. The van der Waals surface area contributed by atoms with Crippen LogP contribution in [0.3, 0.4) is 0 Å². The summed E-state index contributed by atoms with van der Waals surface area (Å²) in [5.41, 5.74) is 1.76. The molecule has 0 aliphatic heterocycles. The van der Waals surface area contributed by atoms with Gasteiger partial charge in [0.15, 0.2) is 5.78 Å². The van der Waals surface area contributed by atoms with Crippen LogP contribution in [0, 0.1) is 5.82 Å². The zero-order valence-electron chi connectivity index (χ0n) is 10.3. The van der Waals surface area contributed by atoms with Gasteiger partial charge in [0.25, 0.3) is 0 Å². The van der Waals surface area contributed by atoms with Crippen molar-refractivity contribution in [1.29, 1.82) is 0 Å². The highest BCUT2D eigenvalue weighted by molar-refractivity contribution is 9.10. The molecule has 0 radical (unpaired) electrons. The number of halogens is 2. The molecule has 2 aromatic rings. The van der Waals surface area contributed by atoms with Gasteiger partial charge in [-0.05, 0) is 36.8 Å². The van der Waals surface area contributed by atoms with Gasteiger partial charge in [-0.3, -0.25) is 4.79 Å². The molecule has 0 saturated heterocycles. The molecule has 0 atom stereocenters. The topological polar surface area (TPSA) is 17.1 Å². The van der Waals surface area contributed by atoms with E-state index >= 15 is 0 Å². The van der Waals surface area contributed by atoms with Crippen molar-refractivity contribution in [1.82, 2.24) is 0 Å². The fraction of sp³-hybridized carbons (Fsp3) is 0.133. The fourth-order valence-electron chi connectivity index (χ4n) is 1.59. The molecule has 2 aromatic carbocycles. The van der Waals surface area contributed by atoms with E-state index in [2.05, 4.69) is 15.9 Å². The minimum Gasteiger partial charge on any atom is -0.295 e. The molecule has 2 rings (SSSR count). The highest BCUT2D eigenvalue weighted by atomic mass is 79.9. The van der Waals surface area contributed by atoms with E-state index in [0.29, 0.717) is 5.56 Å². The van der Waals surface area contributed by atoms with E-state index in [1.54, 1.807) is 24.8 Å². The average Bonchev–Trinajstić information content (AvgIpc) is 2.38. The van der Waals surface area contributed by atoms with E-state index in [9.17, 15) is 9.18 Å². The van der Waals surface area contributed by atoms with E-state index in [1.807, 2.05) is 24.3 Å². The van der Waals surface area contributed by atoms with Crippen molar-refractivity contribution in [3.63, 3.8) is 0 Å². The lowest BCUT2D eigenvalue weighted by molar-refractivity contribution is 0.101. The minimum absolute atomic E-state index is 0.0674. The highest BCUT2D eigenvalue weighted by Crippen LogP contribution is 2.27. The van der Waals surface area contributed by atoms with Crippen LogP contribution in [0.4, 0.5) is 4.39 Å². The predicted molar refractivity (Wildman–Crippen MR) is 80.1 cm³/mol. The fourth-order valence-corrected chi connectivity index (χ4v) is 3.16. The Morgan fingerprint density at radius 1 is 1.21 bits per heavy atom. The first-order valence-corrected chi connectivity index (χ1v) is 7.52. The van der Waals surface area contributed by atoms with Crippen molar-refractivity contribution in [2.45, 2.75) is 17.6 Å². The van der Waals surface area contributed by atoms with Gasteiger partial charge in [-0.2, -0.15) is 0 Å². The maximum atomic E-state index is 13.0. The van der Waals surface area contributed by atoms with E-state index in [4.69, 9.17) is 0 Å². The summed E-state index contributed by atoms with van der Waals surface area (Å²) in [4.78, 5) is 12.2. The van der Waals surface area contributed by atoms with Crippen molar-refractivity contribution in [2.24, 2.45) is 0 Å². The molecule has 0 aliphatic rings. The average molecular weight is 339 g/mol. The first-order valence-electron chi connectivity index (χ1n) is 5.74. The Kier molecular flexibility index (Phi) is 4.77. The quantitative estimate of drug-likeness (QED) is 0.571. The molecule has 4 heteroatoms. The number of benzene rings is 2. The van der Waals surface area contributed by atoms with Crippen LogP contribution in [-0.2, 0) is 5.75 Å². The Balaban J connectivity index is 2.04. The Labute approximate surface area is 124 Å². The van der Waals surface area contributed by atoms with Crippen LogP contribution in [0.15, 0.2) is 51.8 Å². The second kappa shape index (κ2) is 6.35. The van der Waals surface area contributed by atoms with Gasteiger partial charge in [0.05, 0.1) is 0 Å². The largest absolute Gasteiger partial charge is 0.295 e. The summed E-state index contributed by atoms with van der Waals surface area (Å²) in [7, 11) is 0. The lowest BCUT2D eigenvalue weighted by atomic mass is 10.2. The number of hydrogen-bond donors (Lipinski definition) is 0. The number of carbonyl (C=O) groups is 1. The molecule has 0 spiro atoms. The van der Waals surface area contributed by atoms with Crippen molar-refractivity contribution < 1.29 is 9.18 Å². The molecule has 0 aromatic heterocycles. The molecule has 0 bridgehead atoms. The highest BCUT2D eigenvalue weighted by Gasteiger charge is 2.04. The molecule has 1 nitrogen and oxygen atoms in total. The molecular formula is C15H12BrFOS. The number of rotatable bonds is 4. The van der Waals surface area contributed by atoms with Gasteiger partial charge in [-0.15, -0.1) is 11.8 Å². The van der Waals surface area contributed by atoms with Crippen molar-refractivity contribution in [3.8, 4) is 0 Å². The molecule has 19 heavy (non-hydrogen) atoms. The van der Waals surface area contributed by atoms with Crippen LogP contribution in [0.2, 0.25) is 0 Å². The third-order valence-corrected chi connectivity index (χ3v) is 4.47. The van der Waals surface area contributed by atoms with E-state index in [0.717, 1.165) is 20.7 Å². The van der Waals surface area contributed by atoms with Gasteiger partial charge in [0.2, 0.25) is 0 Å².